The first kappa shape index (κ1) is 16.0. The molecule has 7 heteroatoms. The Balaban J connectivity index is 2.32. The zero-order valence-electron chi connectivity index (χ0n) is 12.5. The number of rotatable bonds is 5. The van der Waals surface area contributed by atoms with E-state index in [0.717, 1.165) is 19.3 Å². The molecule has 2 unspecified atom stereocenters. The lowest BCUT2D eigenvalue weighted by Crippen LogP contribution is -2.36. The molecule has 2 atom stereocenters. The number of carbonyl (C=O) groups is 1. The van der Waals surface area contributed by atoms with Crippen LogP contribution in [0.4, 0.5) is 0 Å². The third kappa shape index (κ3) is 3.29. The average molecular weight is 314 g/mol. The number of nitrogens with zero attached hydrogens (tertiary/aromatic N) is 1. The third-order valence-electron chi connectivity index (χ3n) is 4.08. The van der Waals surface area contributed by atoms with Crippen molar-refractivity contribution in [3.05, 3.63) is 18.0 Å². The van der Waals surface area contributed by atoms with Crippen LogP contribution in [0.2, 0.25) is 0 Å². The van der Waals surface area contributed by atoms with Gasteiger partial charge in [0, 0.05) is 18.3 Å². The van der Waals surface area contributed by atoms with Crippen molar-refractivity contribution in [3.8, 4) is 0 Å². The van der Waals surface area contributed by atoms with E-state index in [4.69, 9.17) is 0 Å². The molecule has 1 aliphatic carbocycles. The summed E-state index contributed by atoms with van der Waals surface area (Å²) >= 11 is 0. The van der Waals surface area contributed by atoms with Gasteiger partial charge in [0.2, 0.25) is 10.0 Å². The van der Waals surface area contributed by atoms with Gasteiger partial charge in [0.25, 0.3) is 0 Å². The molecule has 0 bridgehead atoms. The Hall–Kier alpha value is -1.34. The molecule has 0 aliphatic heterocycles. The van der Waals surface area contributed by atoms with Gasteiger partial charge in [-0.2, -0.15) is 0 Å². The smallest absolute Gasteiger partial charge is 0.352 e. The van der Waals surface area contributed by atoms with Crippen LogP contribution >= 0.6 is 0 Å². The number of aromatic nitrogens is 1. The van der Waals surface area contributed by atoms with Crippen LogP contribution < -0.4 is 4.72 Å². The van der Waals surface area contributed by atoms with Crippen molar-refractivity contribution < 1.29 is 18.3 Å². The van der Waals surface area contributed by atoms with Crippen LogP contribution in [0, 0.1) is 5.92 Å². The van der Waals surface area contributed by atoms with Crippen LogP contribution in [-0.2, 0) is 10.0 Å². The van der Waals surface area contributed by atoms with Gasteiger partial charge in [-0.3, -0.25) is 0 Å². The van der Waals surface area contributed by atoms with E-state index in [2.05, 4.69) is 4.72 Å². The lowest BCUT2D eigenvalue weighted by molar-refractivity contribution is 0.0683. The fourth-order valence-electron chi connectivity index (χ4n) is 2.79. The Morgan fingerprint density at radius 2 is 2.10 bits per heavy atom. The second kappa shape index (κ2) is 5.81. The number of aromatic carboxylic acids is 1. The maximum absolute atomic E-state index is 12.4. The summed E-state index contributed by atoms with van der Waals surface area (Å²) in [5.74, 6) is -0.815. The minimum atomic E-state index is -3.68. The number of carboxylic acids is 1. The fourth-order valence-corrected chi connectivity index (χ4v) is 4.19. The Morgan fingerprint density at radius 3 is 2.52 bits per heavy atom. The number of nitrogens with one attached hydrogen (secondary N) is 1. The molecule has 0 radical (unpaired) electrons. The normalized spacial score (nSPS) is 22.9. The molecule has 2 N–H and O–H groups in total. The van der Waals surface area contributed by atoms with Crippen molar-refractivity contribution in [1.82, 2.24) is 9.29 Å². The van der Waals surface area contributed by atoms with Gasteiger partial charge < -0.3 is 9.67 Å². The highest BCUT2D eigenvalue weighted by Crippen LogP contribution is 2.27. The summed E-state index contributed by atoms with van der Waals surface area (Å²) in [4.78, 5) is 11.2. The maximum Gasteiger partial charge on any atom is 0.352 e. The first-order chi connectivity index (χ1) is 9.72. The number of carboxylic acid groups (broad SMARTS) is 1. The molecular weight excluding hydrogens is 292 g/mol. The van der Waals surface area contributed by atoms with Crippen LogP contribution in [0.1, 0.15) is 56.6 Å². The Kier molecular flexibility index (Phi) is 4.43. The highest BCUT2D eigenvalue weighted by Gasteiger charge is 2.30. The average Bonchev–Trinajstić information content (AvgIpc) is 2.96. The molecule has 1 aromatic heterocycles. The lowest BCUT2D eigenvalue weighted by atomic mass is 10.1. The van der Waals surface area contributed by atoms with Gasteiger partial charge in [0.15, 0.2) is 0 Å². The van der Waals surface area contributed by atoms with Crippen LogP contribution in [0.5, 0.6) is 0 Å². The van der Waals surface area contributed by atoms with Crippen molar-refractivity contribution in [2.24, 2.45) is 5.92 Å². The zero-order chi connectivity index (χ0) is 15.8. The van der Waals surface area contributed by atoms with E-state index in [9.17, 15) is 18.3 Å². The largest absolute Gasteiger partial charge is 0.477 e. The number of sulfonamides is 1. The molecule has 1 saturated carbocycles. The molecule has 6 nitrogen and oxygen atoms in total. The minimum absolute atomic E-state index is 0.00940. The summed E-state index contributed by atoms with van der Waals surface area (Å²) in [6.07, 6.45) is 4.26. The van der Waals surface area contributed by atoms with Crippen molar-refractivity contribution in [2.45, 2.75) is 57.0 Å². The van der Waals surface area contributed by atoms with Gasteiger partial charge in [-0.15, -0.1) is 0 Å². The first-order valence-corrected chi connectivity index (χ1v) is 8.68. The van der Waals surface area contributed by atoms with Gasteiger partial charge >= 0.3 is 5.97 Å². The van der Waals surface area contributed by atoms with E-state index >= 15 is 0 Å². The predicted molar refractivity (Wildman–Crippen MR) is 78.9 cm³/mol. The van der Waals surface area contributed by atoms with E-state index in [1.165, 1.54) is 16.8 Å². The van der Waals surface area contributed by atoms with Crippen LogP contribution in [0.3, 0.4) is 0 Å². The summed E-state index contributed by atoms with van der Waals surface area (Å²) in [5.41, 5.74) is -0.00940. The van der Waals surface area contributed by atoms with E-state index in [1.54, 1.807) is 0 Å². The number of hydrogen-bond acceptors (Lipinski definition) is 3. The van der Waals surface area contributed by atoms with Crippen molar-refractivity contribution >= 4 is 16.0 Å². The molecule has 1 aliphatic rings. The Labute approximate surface area is 125 Å². The highest BCUT2D eigenvalue weighted by atomic mass is 32.2. The van der Waals surface area contributed by atoms with Crippen LogP contribution in [0.15, 0.2) is 17.2 Å². The van der Waals surface area contributed by atoms with E-state index in [-0.39, 0.29) is 22.7 Å². The SMILES string of the molecule is CC1CCCC1NS(=O)(=O)c1cc(C(=O)O)n(C(C)C)c1. The molecule has 2 rings (SSSR count). The molecule has 1 fully saturated rings. The Morgan fingerprint density at radius 1 is 1.43 bits per heavy atom. The molecule has 1 aromatic rings. The second-order valence-corrected chi connectivity index (χ2v) is 7.72. The molecule has 0 saturated heterocycles. The quantitative estimate of drug-likeness (QED) is 0.872. The first-order valence-electron chi connectivity index (χ1n) is 7.20. The maximum atomic E-state index is 12.4. The standard InChI is InChI=1S/C14H22N2O4S/c1-9(2)16-8-11(7-13(16)14(17)18)21(19,20)15-12-6-4-5-10(12)3/h7-10,12,15H,4-6H2,1-3H3,(H,17,18). The van der Waals surface area contributed by atoms with Crippen molar-refractivity contribution in [2.75, 3.05) is 0 Å². The zero-order valence-corrected chi connectivity index (χ0v) is 13.4. The van der Waals surface area contributed by atoms with Crippen molar-refractivity contribution in [1.29, 1.82) is 0 Å². The van der Waals surface area contributed by atoms with Gasteiger partial charge in [0.1, 0.15) is 10.6 Å². The predicted octanol–water partition coefficient (Wildman–Crippen LogP) is 2.23. The van der Waals surface area contributed by atoms with Crippen molar-refractivity contribution in [3.63, 3.8) is 0 Å². The molecule has 1 heterocycles. The van der Waals surface area contributed by atoms with E-state index < -0.39 is 16.0 Å². The molecule has 0 spiro atoms. The fraction of sp³-hybridized carbons (Fsp3) is 0.643. The number of hydrogen-bond donors (Lipinski definition) is 2. The van der Waals surface area contributed by atoms with Gasteiger partial charge in [-0.25, -0.2) is 17.9 Å². The third-order valence-corrected chi connectivity index (χ3v) is 5.53. The molecular formula is C14H22N2O4S. The molecule has 118 valence electrons. The summed E-state index contributed by atoms with van der Waals surface area (Å²) in [7, 11) is -3.68. The summed E-state index contributed by atoms with van der Waals surface area (Å²) < 4.78 is 29.0. The summed E-state index contributed by atoms with van der Waals surface area (Å²) in [6, 6.07) is 1.04. The minimum Gasteiger partial charge on any atom is -0.477 e. The summed E-state index contributed by atoms with van der Waals surface area (Å²) in [5, 5.41) is 9.18. The summed E-state index contributed by atoms with van der Waals surface area (Å²) in [6.45, 7) is 5.66. The van der Waals surface area contributed by atoms with Gasteiger partial charge in [-0.1, -0.05) is 13.3 Å². The molecule has 0 aromatic carbocycles. The van der Waals surface area contributed by atoms with Crippen LogP contribution in [-0.4, -0.2) is 30.1 Å². The lowest BCUT2D eigenvalue weighted by Gasteiger charge is -2.16. The topological polar surface area (TPSA) is 88.4 Å². The van der Waals surface area contributed by atoms with Gasteiger partial charge in [0.05, 0.1) is 0 Å². The monoisotopic (exact) mass is 314 g/mol. The highest BCUT2D eigenvalue weighted by molar-refractivity contribution is 7.89. The van der Waals surface area contributed by atoms with E-state index in [1.807, 2.05) is 20.8 Å². The van der Waals surface area contributed by atoms with Gasteiger partial charge in [-0.05, 0) is 38.7 Å². The van der Waals surface area contributed by atoms with E-state index in [0.29, 0.717) is 5.92 Å². The Bertz CT molecular complexity index is 633. The molecule has 21 heavy (non-hydrogen) atoms. The van der Waals surface area contributed by atoms with Crippen LogP contribution in [0.25, 0.3) is 0 Å². The molecule has 0 amide bonds. The second-order valence-electron chi connectivity index (χ2n) is 6.00.